The number of rotatable bonds is 3. The molecule has 0 fully saturated rings. The van der Waals surface area contributed by atoms with Crippen molar-refractivity contribution in [1.29, 1.82) is 0 Å². The van der Waals surface area contributed by atoms with Gasteiger partial charge in [-0.3, -0.25) is 10.1 Å². The number of nitrogens with zero attached hydrogens (tertiary/aromatic N) is 1. The summed E-state index contributed by atoms with van der Waals surface area (Å²) in [6.07, 6.45) is 0. The van der Waals surface area contributed by atoms with Crippen LogP contribution in [0, 0.1) is 10.1 Å². The van der Waals surface area contributed by atoms with Crippen LogP contribution in [0.1, 0.15) is 0 Å². The van der Waals surface area contributed by atoms with Crippen LogP contribution in [0.3, 0.4) is 0 Å². The molecule has 0 heterocycles. The molecule has 0 aliphatic carbocycles. The first-order valence-electron chi connectivity index (χ1n) is 5.04. The quantitative estimate of drug-likeness (QED) is 0.522. The van der Waals surface area contributed by atoms with Gasteiger partial charge in [0, 0.05) is 11.8 Å². The number of nitro groups is 1. The van der Waals surface area contributed by atoms with Gasteiger partial charge in [0.25, 0.3) is 0 Å². The highest BCUT2D eigenvalue weighted by Crippen LogP contribution is 2.35. The number of hydrogen-bond acceptors (Lipinski definition) is 4. The first kappa shape index (κ1) is 12.2. The molecule has 0 radical (unpaired) electrons. The van der Waals surface area contributed by atoms with Crippen molar-refractivity contribution in [2.45, 2.75) is 0 Å². The van der Waals surface area contributed by atoms with Gasteiger partial charge in [0.2, 0.25) is 5.75 Å². The lowest BCUT2D eigenvalue weighted by Gasteiger charge is -2.08. The first-order chi connectivity index (χ1) is 8.58. The minimum absolute atomic E-state index is 0.120. The van der Waals surface area contributed by atoms with Gasteiger partial charge in [0.1, 0.15) is 5.75 Å². The van der Waals surface area contributed by atoms with Crippen molar-refractivity contribution in [3.8, 4) is 11.5 Å². The maximum atomic E-state index is 10.8. The second-order valence-corrected chi connectivity index (χ2v) is 3.92. The van der Waals surface area contributed by atoms with E-state index in [2.05, 4.69) is 0 Å². The number of anilines is 1. The molecule has 0 aromatic heterocycles. The van der Waals surface area contributed by atoms with Crippen molar-refractivity contribution in [3.63, 3.8) is 0 Å². The number of halogens is 1. The number of benzene rings is 2. The average molecular weight is 265 g/mol. The molecule has 0 saturated carbocycles. The second kappa shape index (κ2) is 4.93. The van der Waals surface area contributed by atoms with E-state index in [1.165, 1.54) is 18.2 Å². The van der Waals surface area contributed by atoms with Gasteiger partial charge < -0.3 is 10.5 Å². The van der Waals surface area contributed by atoms with Gasteiger partial charge in [0.15, 0.2) is 0 Å². The first-order valence-corrected chi connectivity index (χ1v) is 5.42. The fourth-order valence-corrected chi connectivity index (χ4v) is 1.64. The largest absolute Gasteiger partial charge is 0.449 e. The highest BCUT2D eigenvalue weighted by molar-refractivity contribution is 6.32. The lowest BCUT2D eigenvalue weighted by molar-refractivity contribution is -0.385. The van der Waals surface area contributed by atoms with E-state index in [0.29, 0.717) is 16.5 Å². The molecule has 6 heteroatoms. The summed E-state index contributed by atoms with van der Waals surface area (Å²) in [5.41, 5.74) is 5.93. The van der Waals surface area contributed by atoms with Gasteiger partial charge in [0.05, 0.1) is 9.95 Å². The Bertz CT molecular complexity index is 602. The molecule has 2 N–H and O–H groups in total. The Morgan fingerprint density at radius 2 is 1.89 bits per heavy atom. The molecule has 2 aromatic carbocycles. The van der Waals surface area contributed by atoms with Crippen LogP contribution in [0.4, 0.5) is 11.4 Å². The molecule has 0 bridgehead atoms. The van der Waals surface area contributed by atoms with Crippen LogP contribution in [0.2, 0.25) is 5.02 Å². The van der Waals surface area contributed by atoms with Crippen LogP contribution in [0.15, 0.2) is 42.5 Å². The Balaban J connectivity index is 2.37. The van der Waals surface area contributed by atoms with Crippen LogP contribution in [0.25, 0.3) is 0 Å². The number of para-hydroxylation sites is 2. The molecule has 0 aliphatic rings. The molecular weight excluding hydrogens is 256 g/mol. The lowest BCUT2D eigenvalue weighted by Crippen LogP contribution is -1.94. The van der Waals surface area contributed by atoms with E-state index in [0.717, 1.165) is 0 Å². The number of ether oxygens (including phenoxy) is 1. The van der Waals surface area contributed by atoms with Gasteiger partial charge in [-0.1, -0.05) is 23.7 Å². The van der Waals surface area contributed by atoms with Crippen molar-refractivity contribution < 1.29 is 9.66 Å². The molecule has 92 valence electrons. The standard InChI is InChI=1S/C12H9ClN2O3/c13-9-7-8(14)5-6-11(9)18-12-4-2-1-3-10(12)15(16)17/h1-7H,14H2. The van der Waals surface area contributed by atoms with E-state index < -0.39 is 4.92 Å². The molecule has 0 aliphatic heterocycles. The van der Waals surface area contributed by atoms with Crippen molar-refractivity contribution in [3.05, 3.63) is 57.6 Å². The zero-order chi connectivity index (χ0) is 13.1. The molecule has 0 amide bonds. The van der Waals surface area contributed by atoms with Gasteiger partial charge in [-0.05, 0) is 24.3 Å². The summed E-state index contributed by atoms with van der Waals surface area (Å²) < 4.78 is 5.43. The molecule has 0 spiro atoms. The molecule has 2 rings (SSSR count). The number of nitrogen functional groups attached to an aromatic ring is 1. The SMILES string of the molecule is Nc1ccc(Oc2ccccc2[N+](=O)[O-])c(Cl)c1. The van der Waals surface area contributed by atoms with Crippen LogP contribution >= 0.6 is 11.6 Å². The van der Waals surface area contributed by atoms with Crippen LogP contribution in [0.5, 0.6) is 11.5 Å². The summed E-state index contributed by atoms with van der Waals surface area (Å²) in [6, 6.07) is 10.8. The second-order valence-electron chi connectivity index (χ2n) is 3.52. The fourth-order valence-electron chi connectivity index (χ4n) is 1.41. The fraction of sp³-hybridized carbons (Fsp3) is 0. The van der Waals surface area contributed by atoms with E-state index >= 15 is 0 Å². The summed E-state index contributed by atoms with van der Waals surface area (Å²) in [4.78, 5) is 10.3. The van der Waals surface area contributed by atoms with Gasteiger partial charge in [-0.25, -0.2) is 0 Å². The normalized spacial score (nSPS) is 10.1. The highest BCUT2D eigenvalue weighted by Gasteiger charge is 2.15. The minimum atomic E-state index is -0.513. The molecule has 2 aromatic rings. The van der Waals surface area contributed by atoms with Crippen LogP contribution in [-0.4, -0.2) is 4.92 Å². The molecular formula is C12H9ClN2O3. The Morgan fingerprint density at radius 1 is 1.17 bits per heavy atom. The van der Waals surface area contributed by atoms with Gasteiger partial charge >= 0.3 is 5.69 Å². The summed E-state index contributed by atoms with van der Waals surface area (Å²) in [6.45, 7) is 0. The van der Waals surface area contributed by atoms with E-state index in [1.807, 2.05) is 0 Å². The van der Waals surface area contributed by atoms with Crippen molar-refractivity contribution in [2.75, 3.05) is 5.73 Å². The molecule has 18 heavy (non-hydrogen) atoms. The maximum absolute atomic E-state index is 10.8. The molecule has 0 saturated heterocycles. The molecule has 0 atom stereocenters. The summed E-state index contributed by atoms with van der Waals surface area (Å²) in [5, 5.41) is 11.1. The van der Waals surface area contributed by atoms with Crippen LogP contribution in [-0.2, 0) is 0 Å². The summed E-state index contributed by atoms with van der Waals surface area (Å²) in [5.74, 6) is 0.453. The predicted octanol–water partition coefficient (Wildman–Crippen LogP) is 3.62. The zero-order valence-corrected chi connectivity index (χ0v) is 9.92. The van der Waals surface area contributed by atoms with E-state index in [4.69, 9.17) is 22.1 Å². The predicted molar refractivity (Wildman–Crippen MR) is 69.0 cm³/mol. The van der Waals surface area contributed by atoms with E-state index in [-0.39, 0.29) is 11.4 Å². The smallest absolute Gasteiger partial charge is 0.311 e. The van der Waals surface area contributed by atoms with Crippen molar-refractivity contribution in [1.82, 2.24) is 0 Å². The number of nitro benzene ring substituents is 1. The Morgan fingerprint density at radius 3 is 2.56 bits per heavy atom. The Hall–Kier alpha value is -2.27. The van der Waals surface area contributed by atoms with E-state index in [1.54, 1.807) is 24.3 Å². The maximum Gasteiger partial charge on any atom is 0.311 e. The third-order valence-corrected chi connectivity index (χ3v) is 2.53. The zero-order valence-electron chi connectivity index (χ0n) is 9.17. The minimum Gasteiger partial charge on any atom is -0.449 e. The number of nitrogens with two attached hydrogens (primary N) is 1. The average Bonchev–Trinajstić information content (AvgIpc) is 2.33. The summed E-state index contributed by atoms with van der Waals surface area (Å²) >= 11 is 5.94. The lowest BCUT2D eigenvalue weighted by atomic mass is 10.3. The van der Waals surface area contributed by atoms with Gasteiger partial charge in [-0.2, -0.15) is 0 Å². The summed E-state index contributed by atoms with van der Waals surface area (Å²) in [7, 11) is 0. The molecule has 0 unspecified atom stereocenters. The molecule has 5 nitrogen and oxygen atoms in total. The third-order valence-electron chi connectivity index (χ3n) is 2.24. The van der Waals surface area contributed by atoms with Crippen molar-refractivity contribution >= 4 is 23.0 Å². The third kappa shape index (κ3) is 2.52. The van der Waals surface area contributed by atoms with Crippen molar-refractivity contribution in [2.24, 2.45) is 0 Å². The highest BCUT2D eigenvalue weighted by atomic mass is 35.5. The number of hydrogen-bond donors (Lipinski definition) is 1. The Labute approximate surface area is 108 Å². The Kier molecular flexibility index (Phi) is 3.34. The van der Waals surface area contributed by atoms with Crippen LogP contribution < -0.4 is 10.5 Å². The monoisotopic (exact) mass is 264 g/mol. The topological polar surface area (TPSA) is 78.4 Å². The van der Waals surface area contributed by atoms with Gasteiger partial charge in [-0.15, -0.1) is 0 Å². The van der Waals surface area contributed by atoms with E-state index in [9.17, 15) is 10.1 Å².